The Balaban J connectivity index is 3.01. The molecule has 3 nitrogen and oxygen atoms in total. The van der Waals surface area contributed by atoms with E-state index in [0.29, 0.717) is 11.4 Å². The minimum absolute atomic E-state index is 0.546. The average Bonchev–Trinajstić information content (AvgIpc) is 2.06. The zero-order chi connectivity index (χ0) is 10.6. The van der Waals surface area contributed by atoms with Crippen LogP contribution in [0.4, 0.5) is 5.69 Å². The van der Waals surface area contributed by atoms with Crippen LogP contribution in [0.5, 0.6) is 5.75 Å². The highest BCUT2D eigenvalue weighted by Crippen LogP contribution is 2.28. The molecule has 0 saturated heterocycles. The van der Waals surface area contributed by atoms with Crippen molar-refractivity contribution >= 4 is 20.1 Å². The molecule has 1 aromatic carbocycles. The first-order valence-corrected chi connectivity index (χ1v) is 7.80. The van der Waals surface area contributed by atoms with Crippen molar-refractivity contribution in [1.82, 2.24) is 0 Å². The Labute approximate surface area is 84.6 Å². The van der Waals surface area contributed by atoms with Gasteiger partial charge < -0.3 is 4.43 Å². The van der Waals surface area contributed by atoms with Gasteiger partial charge in [0.1, 0.15) is 11.4 Å². The molecular formula is C10H13NO2Si. The fourth-order valence-corrected chi connectivity index (χ4v) is 1.85. The molecule has 4 heteroatoms. The highest BCUT2D eigenvalue weighted by atomic mass is 28.4. The molecule has 14 heavy (non-hydrogen) atoms. The van der Waals surface area contributed by atoms with Crippen molar-refractivity contribution in [2.24, 2.45) is 4.99 Å². The third-order valence-electron chi connectivity index (χ3n) is 1.45. The number of para-hydroxylation sites is 2. The molecule has 0 bridgehead atoms. The van der Waals surface area contributed by atoms with Gasteiger partial charge >= 0.3 is 0 Å². The summed E-state index contributed by atoms with van der Waals surface area (Å²) >= 11 is 0. The van der Waals surface area contributed by atoms with Gasteiger partial charge in [0.2, 0.25) is 14.4 Å². The number of benzene rings is 1. The van der Waals surface area contributed by atoms with Gasteiger partial charge in [-0.15, -0.1) is 0 Å². The summed E-state index contributed by atoms with van der Waals surface area (Å²) < 4.78 is 5.75. The molecule has 0 fully saturated rings. The summed E-state index contributed by atoms with van der Waals surface area (Å²) in [5, 5.41) is 0. The van der Waals surface area contributed by atoms with Gasteiger partial charge in [-0.2, -0.15) is 4.99 Å². The van der Waals surface area contributed by atoms with Crippen LogP contribution in [0.1, 0.15) is 0 Å². The molecule has 0 atom stereocenters. The predicted molar refractivity (Wildman–Crippen MR) is 58.2 cm³/mol. The molecule has 0 spiro atoms. The standard InChI is InChI=1S/C10H13NO2Si/c1-14(2,3)13-10-7-5-4-6-9(10)11-8-12/h4-7H,1-3H3. The van der Waals surface area contributed by atoms with Crippen LogP contribution in [-0.4, -0.2) is 14.4 Å². The molecule has 74 valence electrons. The van der Waals surface area contributed by atoms with Gasteiger partial charge in [0.15, 0.2) is 0 Å². The van der Waals surface area contributed by atoms with Crippen molar-refractivity contribution in [3.63, 3.8) is 0 Å². The minimum atomic E-state index is -1.65. The molecule has 0 aliphatic heterocycles. The van der Waals surface area contributed by atoms with Crippen LogP contribution < -0.4 is 4.43 Å². The van der Waals surface area contributed by atoms with E-state index in [4.69, 9.17) is 4.43 Å². The van der Waals surface area contributed by atoms with Gasteiger partial charge in [-0.1, -0.05) is 12.1 Å². The SMILES string of the molecule is C[Si](C)(C)Oc1ccccc1N=C=O. The minimum Gasteiger partial charge on any atom is -0.543 e. The second-order valence-corrected chi connectivity index (χ2v) is 8.31. The van der Waals surface area contributed by atoms with Crippen LogP contribution in [0.25, 0.3) is 0 Å². The van der Waals surface area contributed by atoms with E-state index in [1.54, 1.807) is 6.07 Å². The Bertz CT molecular complexity index is 365. The number of hydrogen-bond donors (Lipinski definition) is 0. The molecule has 0 aromatic heterocycles. The van der Waals surface area contributed by atoms with Crippen LogP contribution in [0.2, 0.25) is 19.6 Å². The Morgan fingerprint density at radius 1 is 1.29 bits per heavy atom. The number of hydrogen-bond acceptors (Lipinski definition) is 3. The molecule has 0 saturated carbocycles. The molecule has 0 N–H and O–H groups in total. The predicted octanol–water partition coefficient (Wildman–Crippen LogP) is 2.87. The van der Waals surface area contributed by atoms with Crippen molar-refractivity contribution in [2.45, 2.75) is 19.6 Å². The largest absolute Gasteiger partial charge is 0.543 e. The summed E-state index contributed by atoms with van der Waals surface area (Å²) in [5.41, 5.74) is 0.546. The summed E-state index contributed by atoms with van der Waals surface area (Å²) in [7, 11) is -1.65. The van der Waals surface area contributed by atoms with Crippen molar-refractivity contribution in [3.05, 3.63) is 24.3 Å². The maximum Gasteiger partial charge on any atom is 0.242 e. The van der Waals surface area contributed by atoms with E-state index in [2.05, 4.69) is 24.6 Å². The maximum absolute atomic E-state index is 10.2. The summed E-state index contributed by atoms with van der Waals surface area (Å²) in [5.74, 6) is 0.662. The lowest BCUT2D eigenvalue weighted by molar-refractivity contribution is 0.555. The average molecular weight is 207 g/mol. The van der Waals surface area contributed by atoms with Crippen LogP contribution in [0, 0.1) is 0 Å². The van der Waals surface area contributed by atoms with E-state index >= 15 is 0 Å². The molecule has 0 heterocycles. The number of carbonyl (C=O) groups excluding carboxylic acids is 1. The molecule has 1 aromatic rings. The second kappa shape index (κ2) is 4.22. The van der Waals surface area contributed by atoms with Gasteiger partial charge in [0.25, 0.3) is 0 Å². The van der Waals surface area contributed by atoms with E-state index in [9.17, 15) is 4.79 Å². The highest BCUT2D eigenvalue weighted by Gasteiger charge is 2.17. The first-order valence-electron chi connectivity index (χ1n) is 4.39. The first-order chi connectivity index (χ1) is 6.53. The zero-order valence-electron chi connectivity index (χ0n) is 8.57. The van der Waals surface area contributed by atoms with E-state index in [1.165, 1.54) is 6.08 Å². The molecule has 0 unspecified atom stereocenters. The molecule has 0 aliphatic carbocycles. The van der Waals surface area contributed by atoms with Gasteiger partial charge in [0, 0.05) is 0 Å². The monoisotopic (exact) mass is 207 g/mol. The smallest absolute Gasteiger partial charge is 0.242 e. The summed E-state index contributed by atoms with van der Waals surface area (Å²) in [6.45, 7) is 6.23. The quantitative estimate of drug-likeness (QED) is 0.434. The van der Waals surface area contributed by atoms with E-state index in [1.807, 2.05) is 18.2 Å². The number of rotatable bonds is 3. The fraction of sp³-hybridized carbons (Fsp3) is 0.300. The summed E-state index contributed by atoms with van der Waals surface area (Å²) in [6, 6.07) is 7.22. The van der Waals surface area contributed by atoms with Crippen LogP contribution in [0.15, 0.2) is 29.3 Å². The molecule has 0 aliphatic rings. The van der Waals surface area contributed by atoms with Crippen molar-refractivity contribution in [1.29, 1.82) is 0 Å². The fourth-order valence-electron chi connectivity index (χ4n) is 1.01. The Morgan fingerprint density at radius 2 is 1.93 bits per heavy atom. The summed E-state index contributed by atoms with van der Waals surface area (Å²) in [6.07, 6.45) is 1.52. The first kappa shape index (κ1) is 10.7. The lowest BCUT2D eigenvalue weighted by atomic mass is 10.3. The van der Waals surface area contributed by atoms with E-state index < -0.39 is 8.32 Å². The number of nitrogens with zero attached hydrogens (tertiary/aromatic N) is 1. The Morgan fingerprint density at radius 3 is 2.50 bits per heavy atom. The van der Waals surface area contributed by atoms with Crippen molar-refractivity contribution in [3.8, 4) is 5.75 Å². The van der Waals surface area contributed by atoms with Crippen LogP contribution in [0.3, 0.4) is 0 Å². The van der Waals surface area contributed by atoms with Crippen molar-refractivity contribution < 1.29 is 9.22 Å². The third-order valence-corrected chi connectivity index (χ3v) is 2.28. The molecule has 0 amide bonds. The lowest BCUT2D eigenvalue weighted by Gasteiger charge is -2.19. The topological polar surface area (TPSA) is 38.7 Å². The van der Waals surface area contributed by atoms with Gasteiger partial charge in [-0.25, -0.2) is 4.79 Å². The van der Waals surface area contributed by atoms with Gasteiger partial charge in [-0.3, -0.25) is 0 Å². The summed E-state index contributed by atoms with van der Waals surface area (Å²) in [4.78, 5) is 13.7. The Hall–Kier alpha value is -1.38. The normalized spacial score (nSPS) is 10.5. The van der Waals surface area contributed by atoms with Crippen LogP contribution >= 0.6 is 0 Å². The lowest BCUT2D eigenvalue weighted by Crippen LogP contribution is -2.29. The Kier molecular flexibility index (Phi) is 3.22. The molecule has 1 rings (SSSR count). The van der Waals surface area contributed by atoms with Crippen molar-refractivity contribution in [2.75, 3.05) is 0 Å². The highest BCUT2D eigenvalue weighted by molar-refractivity contribution is 6.70. The number of aliphatic imine (C=N–C) groups is 1. The molecular weight excluding hydrogens is 194 g/mol. The van der Waals surface area contributed by atoms with E-state index in [0.717, 1.165) is 0 Å². The van der Waals surface area contributed by atoms with Gasteiger partial charge in [0.05, 0.1) is 0 Å². The molecule has 0 radical (unpaired) electrons. The second-order valence-electron chi connectivity index (χ2n) is 3.89. The zero-order valence-corrected chi connectivity index (χ0v) is 9.57. The maximum atomic E-state index is 10.2. The number of isocyanates is 1. The van der Waals surface area contributed by atoms with E-state index in [-0.39, 0.29) is 0 Å². The van der Waals surface area contributed by atoms with Gasteiger partial charge in [-0.05, 0) is 31.8 Å². The van der Waals surface area contributed by atoms with Crippen LogP contribution in [-0.2, 0) is 4.79 Å². The third kappa shape index (κ3) is 3.16.